The highest BCUT2D eigenvalue weighted by atomic mass is 28.3. The predicted octanol–water partition coefficient (Wildman–Crippen LogP) is 5.98. The first kappa shape index (κ1) is 34.0. The molecule has 0 aliphatic carbocycles. The maximum Gasteiger partial charge on any atom is 0.246 e. The second kappa shape index (κ2) is 13.5. The van der Waals surface area contributed by atoms with Crippen LogP contribution >= 0.6 is 0 Å². The highest BCUT2D eigenvalue weighted by molar-refractivity contribution is 7.31. The number of hydrogen-bond acceptors (Lipinski definition) is 2. The third kappa shape index (κ3) is 4.95. The van der Waals surface area contributed by atoms with Crippen molar-refractivity contribution >= 4 is 109 Å². The Kier molecular flexibility index (Phi) is 7.79. The van der Waals surface area contributed by atoms with Crippen molar-refractivity contribution in [2.45, 2.75) is 0 Å². The van der Waals surface area contributed by atoms with Crippen LogP contribution in [0.25, 0.3) is 0 Å². The molecule has 3 heterocycles. The number of nitrogens with zero attached hydrogens (tertiary/aromatic N) is 2. The Hall–Kier alpha value is -7.07. The Morgan fingerprint density at radius 1 is 0.322 bits per heavy atom. The zero-order valence-electron chi connectivity index (χ0n) is 32.5. The Morgan fingerprint density at radius 3 is 1.32 bits per heavy atom. The largest absolute Gasteiger partial charge is 0.312 e. The molecular formula is C54H38B2N2Si. The third-order valence-electron chi connectivity index (χ3n) is 13.1. The summed E-state index contributed by atoms with van der Waals surface area (Å²) in [7, 11) is -2.89. The van der Waals surface area contributed by atoms with E-state index in [2.05, 4.69) is 240 Å². The van der Waals surface area contributed by atoms with Crippen LogP contribution in [0.5, 0.6) is 0 Å². The molecule has 0 saturated heterocycles. The fraction of sp³-hybridized carbons (Fsp3) is 0. The molecule has 0 amide bonds. The van der Waals surface area contributed by atoms with Gasteiger partial charge in [0.05, 0.1) is 0 Å². The van der Waals surface area contributed by atoms with Gasteiger partial charge in [-0.3, -0.25) is 0 Å². The van der Waals surface area contributed by atoms with Crippen molar-refractivity contribution in [1.29, 1.82) is 0 Å². The SMILES string of the molecule is c1ccc(N(c2ccccc2)c2ccc(B3c4ccccc4[Si]4(c5ccccc53)c3ccccc3B3c5ccccc5N(c5ccccc5)c5cccc4c53)cc2)cc1. The molecule has 274 valence electrons. The maximum absolute atomic E-state index is 2.89. The van der Waals surface area contributed by atoms with Crippen molar-refractivity contribution in [1.82, 2.24) is 0 Å². The van der Waals surface area contributed by atoms with Gasteiger partial charge in [0.15, 0.2) is 8.07 Å². The van der Waals surface area contributed by atoms with Crippen LogP contribution in [0.3, 0.4) is 0 Å². The van der Waals surface area contributed by atoms with Crippen LogP contribution < -0.4 is 63.3 Å². The van der Waals surface area contributed by atoms with Crippen molar-refractivity contribution in [2.24, 2.45) is 0 Å². The summed E-state index contributed by atoms with van der Waals surface area (Å²) in [5.74, 6) is 0. The third-order valence-corrected chi connectivity index (χ3v) is 18.1. The minimum absolute atomic E-state index is 0.0856. The van der Waals surface area contributed by atoms with E-state index < -0.39 is 8.07 Å². The number of para-hydroxylation sites is 4. The van der Waals surface area contributed by atoms with E-state index in [1.54, 1.807) is 0 Å². The van der Waals surface area contributed by atoms with Gasteiger partial charge in [0.25, 0.3) is 0 Å². The molecule has 3 aliphatic rings. The van der Waals surface area contributed by atoms with E-state index >= 15 is 0 Å². The zero-order chi connectivity index (χ0) is 38.9. The van der Waals surface area contributed by atoms with Gasteiger partial charge in [0, 0.05) is 34.1 Å². The quantitative estimate of drug-likeness (QED) is 0.200. The molecule has 2 nitrogen and oxygen atoms in total. The smallest absolute Gasteiger partial charge is 0.246 e. The number of benzene rings is 9. The second-order valence-corrected chi connectivity index (χ2v) is 19.6. The highest BCUT2D eigenvalue weighted by Gasteiger charge is 2.56. The average molecular weight is 765 g/mol. The summed E-state index contributed by atoms with van der Waals surface area (Å²) < 4.78 is 0. The first-order valence-electron chi connectivity index (χ1n) is 20.7. The molecule has 0 bridgehead atoms. The highest BCUT2D eigenvalue weighted by Crippen LogP contribution is 2.37. The van der Waals surface area contributed by atoms with Crippen LogP contribution in [0.4, 0.5) is 34.1 Å². The van der Waals surface area contributed by atoms with Crippen LogP contribution in [0.1, 0.15) is 0 Å². The Bertz CT molecular complexity index is 2940. The molecule has 0 radical (unpaired) electrons. The molecule has 0 atom stereocenters. The van der Waals surface area contributed by atoms with E-state index in [1.807, 2.05) is 0 Å². The monoisotopic (exact) mass is 764 g/mol. The van der Waals surface area contributed by atoms with Gasteiger partial charge >= 0.3 is 0 Å². The van der Waals surface area contributed by atoms with Crippen molar-refractivity contribution in [3.8, 4) is 0 Å². The molecule has 9 aromatic rings. The summed E-state index contributed by atoms with van der Waals surface area (Å²) in [6, 6.07) is 86.3. The number of anilines is 6. The lowest BCUT2D eigenvalue weighted by molar-refractivity contribution is 1.29. The molecule has 3 aliphatic heterocycles. The summed E-state index contributed by atoms with van der Waals surface area (Å²) in [4.78, 5) is 4.86. The Balaban J connectivity index is 1.09. The van der Waals surface area contributed by atoms with Gasteiger partial charge < -0.3 is 9.80 Å². The molecule has 0 saturated carbocycles. The minimum Gasteiger partial charge on any atom is -0.312 e. The summed E-state index contributed by atoms with van der Waals surface area (Å²) >= 11 is 0. The lowest BCUT2D eigenvalue weighted by atomic mass is 9.34. The van der Waals surface area contributed by atoms with E-state index in [4.69, 9.17) is 0 Å². The summed E-state index contributed by atoms with van der Waals surface area (Å²) in [6.07, 6.45) is 0. The van der Waals surface area contributed by atoms with Crippen LogP contribution in [0, 0.1) is 0 Å². The predicted molar refractivity (Wildman–Crippen MR) is 255 cm³/mol. The standard InChI is InChI=1S/C54H38B2N2Si/c1-4-19-40(20-5-1)57(41-21-6-2-7-22-41)43-37-35-39(36-38-43)55-45-26-11-15-31-50(45)59(51-32-16-12-27-46(51)55)52-33-17-13-28-47(52)56-44-25-10-14-29-48(44)58(42-23-8-3-9-24-42)49-30-18-34-53(59)54(49)56/h1-38H. The molecule has 12 rings (SSSR count). The second-order valence-electron chi connectivity index (χ2n) is 15.9. The van der Waals surface area contributed by atoms with Gasteiger partial charge in [-0.1, -0.05) is 192 Å². The fourth-order valence-corrected chi connectivity index (χ4v) is 16.6. The van der Waals surface area contributed by atoms with Crippen LogP contribution in [-0.4, -0.2) is 21.5 Å². The molecule has 9 aromatic carbocycles. The molecule has 0 aromatic heterocycles. The van der Waals surface area contributed by atoms with Crippen molar-refractivity contribution in [3.05, 3.63) is 231 Å². The zero-order valence-corrected chi connectivity index (χ0v) is 33.5. The fourth-order valence-electron chi connectivity index (χ4n) is 10.9. The van der Waals surface area contributed by atoms with Gasteiger partial charge in [-0.2, -0.15) is 0 Å². The first-order valence-corrected chi connectivity index (χ1v) is 22.7. The van der Waals surface area contributed by atoms with Gasteiger partial charge in [0.2, 0.25) is 13.4 Å². The number of fused-ring (bicyclic) bond motifs is 10. The Morgan fingerprint density at radius 2 is 0.746 bits per heavy atom. The van der Waals surface area contributed by atoms with Crippen LogP contribution in [0.2, 0.25) is 0 Å². The van der Waals surface area contributed by atoms with Gasteiger partial charge in [0.1, 0.15) is 0 Å². The molecular weight excluding hydrogens is 726 g/mol. The Labute approximate surface area is 347 Å². The minimum atomic E-state index is -2.89. The van der Waals surface area contributed by atoms with Gasteiger partial charge in [-0.05, 0) is 92.3 Å². The van der Waals surface area contributed by atoms with Gasteiger partial charge in [-0.25, -0.2) is 0 Å². The first-order chi connectivity index (χ1) is 29.3. The summed E-state index contributed by atoms with van der Waals surface area (Å²) in [5.41, 5.74) is 15.5. The topological polar surface area (TPSA) is 6.48 Å². The molecule has 0 fully saturated rings. The number of hydrogen-bond donors (Lipinski definition) is 0. The lowest BCUT2D eigenvalue weighted by Crippen LogP contribution is -2.93. The lowest BCUT2D eigenvalue weighted by Gasteiger charge is -2.50. The maximum atomic E-state index is 2.51. The summed E-state index contributed by atoms with van der Waals surface area (Å²) in [6.45, 7) is 0.218. The van der Waals surface area contributed by atoms with Crippen molar-refractivity contribution < 1.29 is 0 Å². The average Bonchev–Trinajstić information content (AvgIpc) is 3.31. The molecule has 0 unspecified atom stereocenters. The molecule has 0 N–H and O–H groups in total. The van der Waals surface area contributed by atoms with E-state index in [-0.39, 0.29) is 13.4 Å². The van der Waals surface area contributed by atoms with Crippen LogP contribution in [0.15, 0.2) is 231 Å². The molecule has 59 heavy (non-hydrogen) atoms. The normalized spacial score (nSPS) is 13.8. The van der Waals surface area contributed by atoms with Crippen LogP contribution in [-0.2, 0) is 0 Å². The van der Waals surface area contributed by atoms with E-state index in [1.165, 1.54) is 70.6 Å². The van der Waals surface area contributed by atoms with Gasteiger partial charge in [-0.15, -0.1) is 0 Å². The number of rotatable bonds is 5. The van der Waals surface area contributed by atoms with Crippen molar-refractivity contribution in [2.75, 3.05) is 9.80 Å². The van der Waals surface area contributed by atoms with Crippen molar-refractivity contribution in [3.63, 3.8) is 0 Å². The molecule has 5 heteroatoms. The van der Waals surface area contributed by atoms with E-state index in [0.29, 0.717) is 0 Å². The van der Waals surface area contributed by atoms with E-state index in [9.17, 15) is 0 Å². The molecule has 1 spiro atoms. The van der Waals surface area contributed by atoms with E-state index in [0.717, 1.165) is 17.1 Å². The summed E-state index contributed by atoms with van der Waals surface area (Å²) in [5, 5.41) is 6.00.